The Labute approximate surface area is 125 Å². The molecule has 0 aromatic rings. The lowest BCUT2D eigenvalue weighted by Crippen LogP contribution is -2.63. The van der Waals surface area contributed by atoms with E-state index in [0.717, 1.165) is 4.90 Å². The molecule has 1 heterocycles. The Balaban J connectivity index is 3.28. The Bertz CT molecular complexity index is 464. The van der Waals surface area contributed by atoms with Gasteiger partial charge in [0.15, 0.2) is 0 Å². The molecule has 1 rings (SSSR count). The number of hydrogen-bond acceptors (Lipinski definition) is 4. The number of nitrogens with zero attached hydrogens (tertiary/aromatic N) is 3. The van der Waals surface area contributed by atoms with Crippen LogP contribution in [0.25, 0.3) is 0 Å². The number of ether oxygens (including phenoxy) is 1. The maximum absolute atomic E-state index is 12.7. The van der Waals surface area contributed by atoms with Crippen LogP contribution >= 0.6 is 0 Å². The number of likely N-dealkylation sites (tertiary alicyclic amines) is 1. The number of amides is 2. The summed E-state index contributed by atoms with van der Waals surface area (Å²) in [5.41, 5.74) is -1.79. The van der Waals surface area contributed by atoms with Crippen LogP contribution in [0.1, 0.15) is 27.2 Å². The van der Waals surface area contributed by atoms with Gasteiger partial charge in [0, 0.05) is 20.5 Å². The molecule has 0 unspecified atom stereocenters. The van der Waals surface area contributed by atoms with Crippen molar-refractivity contribution in [2.45, 2.75) is 38.8 Å². The topological polar surface area (TPSA) is 93.9 Å². The van der Waals surface area contributed by atoms with E-state index >= 15 is 0 Å². The normalized spacial score (nSPS) is 25.5. The van der Waals surface area contributed by atoms with E-state index in [1.165, 1.54) is 4.90 Å². The number of carbonyl (C=O) groups excluding carboxylic acids is 1. The van der Waals surface area contributed by atoms with Gasteiger partial charge in [-0.3, -0.25) is 9.69 Å². The molecule has 1 saturated heterocycles. The number of nitriles is 1. The third kappa shape index (κ3) is 2.95. The van der Waals surface area contributed by atoms with Crippen molar-refractivity contribution in [1.82, 2.24) is 9.80 Å². The van der Waals surface area contributed by atoms with Gasteiger partial charge in [0.1, 0.15) is 12.1 Å². The van der Waals surface area contributed by atoms with Crippen LogP contribution in [0.15, 0.2) is 0 Å². The van der Waals surface area contributed by atoms with Crippen molar-refractivity contribution in [1.29, 1.82) is 5.26 Å². The van der Waals surface area contributed by atoms with E-state index in [9.17, 15) is 14.7 Å². The van der Waals surface area contributed by atoms with Gasteiger partial charge in [0.25, 0.3) is 0 Å². The number of carboxylic acid groups (broad SMARTS) is 1. The SMILES string of the molecule is CN(C)C(=O)[C@@]1(C(C)(C)C)C[C@@H](OCC#N)CN1C(=O)O. The summed E-state index contributed by atoms with van der Waals surface area (Å²) in [4.78, 5) is 27.0. The molecular formula is C14H23N3O4. The minimum atomic E-state index is -1.19. The Morgan fingerprint density at radius 2 is 2.05 bits per heavy atom. The van der Waals surface area contributed by atoms with E-state index in [0.29, 0.717) is 0 Å². The molecule has 2 amide bonds. The Morgan fingerprint density at radius 1 is 1.48 bits per heavy atom. The summed E-state index contributed by atoms with van der Waals surface area (Å²) in [5, 5.41) is 18.1. The predicted octanol–water partition coefficient (Wildman–Crippen LogP) is 1.15. The zero-order valence-corrected chi connectivity index (χ0v) is 13.2. The van der Waals surface area contributed by atoms with Gasteiger partial charge >= 0.3 is 6.09 Å². The van der Waals surface area contributed by atoms with E-state index in [1.807, 2.05) is 26.8 Å². The highest BCUT2D eigenvalue weighted by molar-refractivity contribution is 5.91. The lowest BCUT2D eigenvalue weighted by atomic mass is 9.70. The molecule has 1 aliphatic heterocycles. The lowest BCUT2D eigenvalue weighted by molar-refractivity contribution is -0.146. The van der Waals surface area contributed by atoms with E-state index < -0.39 is 23.2 Å². The highest BCUT2D eigenvalue weighted by Crippen LogP contribution is 2.45. The van der Waals surface area contributed by atoms with Crippen molar-refractivity contribution in [3.63, 3.8) is 0 Å². The Hall–Kier alpha value is -1.81. The van der Waals surface area contributed by atoms with Crippen molar-refractivity contribution in [2.24, 2.45) is 5.41 Å². The molecule has 0 aromatic carbocycles. The van der Waals surface area contributed by atoms with Crippen LogP contribution < -0.4 is 0 Å². The molecule has 0 aliphatic carbocycles. The molecule has 0 aromatic heterocycles. The van der Waals surface area contributed by atoms with Crippen molar-refractivity contribution < 1.29 is 19.4 Å². The van der Waals surface area contributed by atoms with Crippen LogP contribution in [0, 0.1) is 16.7 Å². The number of rotatable bonds is 3. The second kappa shape index (κ2) is 5.90. The van der Waals surface area contributed by atoms with Gasteiger partial charge in [-0.15, -0.1) is 0 Å². The molecule has 0 spiro atoms. The minimum absolute atomic E-state index is 0.0911. The summed E-state index contributed by atoms with van der Waals surface area (Å²) in [6.07, 6.45) is -1.35. The fourth-order valence-corrected chi connectivity index (χ4v) is 2.98. The van der Waals surface area contributed by atoms with Gasteiger partial charge in [-0.1, -0.05) is 20.8 Å². The fraction of sp³-hybridized carbons (Fsp3) is 0.786. The average molecular weight is 297 g/mol. The van der Waals surface area contributed by atoms with E-state index in [-0.39, 0.29) is 25.5 Å². The molecule has 2 atom stereocenters. The van der Waals surface area contributed by atoms with Crippen molar-refractivity contribution >= 4 is 12.0 Å². The second-order valence-electron chi connectivity index (χ2n) is 6.50. The summed E-state index contributed by atoms with van der Waals surface area (Å²) in [6.45, 7) is 5.51. The average Bonchev–Trinajstić information content (AvgIpc) is 2.75. The summed E-state index contributed by atoms with van der Waals surface area (Å²) in [6, 6.07) is 1.87. The molecular weight excluding hydrogens is 274 g/mol. The third-order valence-corrected chi connectivity index (χ3v) is 3.99. The highest BCUT2D eigenvalue weighted by atomic mass is 16.5. The minimum Gasteiger partial charge on any atom is -0.465 e. The molecule has 1 aliphatic rings. The monoisotopic (exact) mass is 297 g/mol. The molecule has 21 heavy (non-hydrogen) atoms. The van der Waals surface area contributed by atoms with Gasteiger partial charge in [-0.2, -0.15) is 5.26 Å². The van der Waals surface area contributed by atoms with Crippen LogP contribution in [0.4, 0.5) is 4.79 Å². The van der Waals surface area contributed by atoms with Gasteiger partial charge in [0.05, 0.1) is 18.7 Å². The quantitative estimate of drug-likeness (QED) is 0.843. The summed E-state index contributed by atoms with van der Waals surface area (Å²) < 4.78 is 5.38. The van der Waals surface area contributed by atoms with Crippen LogP contribution in [0.3, 0.4) is 0 Å². The lowest BCUT2D eigenvalue weighted by Gasteiger charge is -2.46. The van der Waals surface area contributed by atoms with Crippen molar-refractivity contribution in [3.8, 4) is 6.07 Å². The molecule has 118 valence electrons. The highest BCUT2D eigenvalue weighted by Gasteiger charge is 2.60. The number of likely N-dealkylation sites (N-methyl/N-ethyl adjacent to an activating group) is 1. The summed E-state index contributed by atoms with van der Waals surface area (Å²) in [7, 11) is 3.22. The summed E-state index contributed by atoms with van der Waals surface area (Å²) >= 11 is 0. The van der Waals surface area contributed by atoms with Gasteiger partial charge in [-0.05, 0) is 5.41 Å². The van der Waals surface area contributed by atoms with E-state index in [1.54, 1.807) is 14.1 Å². The first-order valence-electron chi connectivity index (χ1n) is 6.78. The summed E-state index contributed by atoms with van der Waals surface area (Å²) in [5.74, 6) is -0.263. The van der Waals surface area contributed by atoms with Crippen molar-refractivity contribution in [3.05, 3.63) is 0 Å². The van der Waals surface area contributed by atoms with Crippen LogP contribution in [-0.4, -0.2) is 65.8 Å². The molecule has 0 radical (unpaired) electrons. The molecule has 7 nitrogen and oxygen atoms in total. The van der Waals surface area contributed by atoms with Crippen LogP contribution in [-0.2, 0) is 9.53 Å². The van der Waals surface area contributed by atoms with E-state index in [4.69, 9.17) is 10.00 Å². The fourth-order valence-electron chi connectivity index (χ4n) is 2.98. The Morgan fingerprint density at radius 3 is 2.43 bits per heavy atom. The Kier molecular flexibility index (Phi) is 4.84. The smallest absolute Gasteiger partial charge is 0.408 e. The molecule has 7 heteroatoms. The van der Waals surface area contributed by atoms with Crippen LogP contribution in [0.2, 0.25) is 0 Å². The predicted molar refractivity (Wildman–Crippen MR) is 75.6 cm³/mol. The molecule has 0 saturated carbocycles. The zero-order chi connectivity index (χ0) is 16.4. The number of hydrogen-bond donors (Lipinski definition) is 1. The molecule has 1 N–H and O–H groups in total. The first-order chi connectivity index (χ1) is 9.57. The molecule has 0 bridgehead atoms. The third-order valence-electron chi connectivity index (χ3n) is 3.99. The first-order valence-corrected chi connectivity index (χ1v) is 6.78. The first kappa shape index (κ1) is 17.2. The standard InChI is InChI=1S/C14H23N3O4/c1-13(2,3)14(11(18)16(4)5)8-10(21-7-6-15)9-17(14)12(19)20/h10H,7-9H2,1-5H3,(H,19,20)/t10-,14-/m1/s1. The zero-order valence-electron chi connectivity index (χ0n) is 13.2. The maximum atomic E-state index is 12.7. The largest absolute Gasteiger partial charge is 0.465 e. The van der Waals surface area contributed by atoms with Gasteiger partial charge in [0.2, 0.25) is 5.91 Å². The van der Waals surface area contributed by atoms with E-state index in [2.05, 4.69) is 0 Å². The number of carbonyl (C=O) groups is 2. The van der Waals surface area contributed by atoms with Crippen LogP contribution in [0.5, 0.6) is 0 Å². The molecule has 1 fully saturated rings. The second-order valence-corrected chi connectivity index (χ2v) is 6.50. The maximum Gasteiger partial charge on any atom is 0.408 e. The van der Waals surface area contributed by atoms with Crippen molar-refractivity contribution in [2.75, 3.05) is 27.2 Å². The van der Waals surface area contributed by atoms with Gasteiger partial charge in [-0.25, -0.2) is 4.79 Å². The van der Waals surface area contributed by atoms with Gasteiger partial charge < -0.3 is 14.7 Å².